The summed E-state index contributed by atoms with van der Waals surface area (Å²) in [6.45, 7) is 2.46. The molecule has 0 radical (unpaired) electrons. The second-order valence-corrected chi connectivity index (χ2v) is 3.81. The Labute approximate surface area is 110 Å². The van der Waals surface area contributed by atoms with Crippen molar-refractivity contribution < 1.29 is 9.53 Å². The van der Waals surface area contributed by atoms with Crippen molar-refractivity contribution in [1.82, 2.24) is 14.8 Å². The minimum absolute atomic E-state index is 0.316. The van der Waals surface area contributed by atoms with E-state index in [2.05, 4.69) is 15.4 Å². The molecule has 19 heavy (non-hydrogen) atoms. The summed E-state index contributed by atoms with van der Waals surface area (Å²) in [6, 6.07) is 3.36. The summed E-state index contributed by atoms with van der Waals surface area (Å²) in [7, 11) is 1.53. The summed E-state index contributed by atoms with van der Waals surface area (Å²) in [5.41, 5.74) is 6.99. The molecule has 0 bridgehead atoms. The van der Waals surface area contributed by atoms with Gasteiger partial charge in [-0.25, -0.2) is 4.98 Å². The first kappa shape index (κ1) is 12.9. The van der Waals surface area contributed by atoms with Crippen LogP contribution < -0.4 is 15.8 Å². The molecule has 7 heteroatoms. The molecular weight excluding hydrogens is 246 g/mol. The molecule has 0 atom stereocenters. The third-order valence-electron chi connectivity index (χ3n) is 2.59. The first-order valence-electron chi connectivity index (χ1n) is 5.78. The first-order valence-corrected chi connectivity index (χ1v) is 5.78. The molecule has 0 saturated carbocycles. The number of aromatic nitrogens is 3. The van der Waals surface area contributed by atoms with Crippen molar-refractivity contribution in [3.63, 3.8) is 0 Å². The van der Waals surface area contributed by atoms with Crippen LogP contribution in [0, 0.1) is 0 Å². The van der Waals surface area contributed by atoms with E-state index in [0.717, 1.165) is 0 Å². The summed E-state index contributed by atoms with van der Waals surface area (Å²) < 4.78 is 6.49. The Hall–Kier alpha value is -2.57. The van der Waals surface area contributed by atoms with Crippen LogP contribution in [0.25, 0.3) is 0 Å². The number of amides is 1. The van der Waals surface area contributed by atoms with Crippen molar-refractivity contribution in [2.24, 2.45) is 0 Å². The Bertz CT molecular complexity index is 576. The molecule has 0 fully saturated rings. The smallest absolute Gasteiger partial charge is 0.276 e. The van der Waals surface area contributed by atoms with Gasteiger partial charge in [-0.15, -0.1) is 0 Å². The lowest BCUT2D eigenvalue weighted by Gasteiger charge is -2.07. The number of rotatable bonds is 4. The SMILES string of the molecule is CCn1ncc(N)c1C(=O)Nc1ccc(OC)nc1. The summed E-state index contributed by atoms with van der Waals surface area (Å²) in [6.07, 6.45) is 2.98. The maximum Gasteiger partial charge on any atom is 0.276 e. The van der Waals surface area contributed by atoms with Gasteiger partial charge in [0.15, 0.2) is 0 Å². The molecular formula is C12H15N5O2. The number of ether oxygens (including phenoxy) is 1. The number of nitrogens with zero attached hydrogens (tertiary/aromatic N) is 3. The normalized spacial score (nSPS) is 10.2. The van der Waals surface area contributed by atoms with E-state index in [9.17, 15) is 4.79 Å². The quantitative estimate of drug-likeness (QED) is 0.860. The van der Waals surface area contributed by atoms with Crippen molar-refractivity contribution in [2.45, 2.75) is 13.5 Å². The molecule has 0 spiro atoms. The van der Waals surface area contributed by atoms with Crippen molar-refractivity contribution in [3.8, 4) is 5.88 Å². The lowest BCUT2D eigenvalue weighted by atomic mass is 10.3. The highest BCUT2D eigenvalue weighted by molar-refractivity contribution is 6.06. The molecule has 0 aliphatic carbocycles. The summed E-state index contributed by atoms with van der Waals surface area (Å²) >= 11 is 0. The predicted octanol–water partition coefficient (Wildman–Crippen LogP) is 1.14. The number of nitrogens with two attached hydrogens (primary N) is 1. The average Bonchev–Trinajstić information content (AvgIpc) is 2.80. The number of hydrogen-bond acceptors (Lipinski definition) is 5. The van der Waals surface area contributed by atoms with Gasteiger partial charge in [0.05, 0.1) is 30.9 Å². The van der Waals surface area contributed by atoms with Gasteiger partial charge < -0.3 is 15.8 Å². The van der Waals surface area contributed by atoms with Gasteiger partial charge >= 0.3 is 0 Å². The topological polar surface area (TPSA) is 95.1 Å². The van der Waals surface area contributed by atoms with E-state index in [1.54, 1.807) is 16.8 Å². The highest BCUT2D eigenvalue weighted by atomic mass is 16.5. The monoisotopic (exact) mass is 261 g/mol. The molecule has 0 aliphatic heterocycles. The minimum atomic E-state index is -0.316. The van der Waals surface area contributed by atoms with Gasteiger partial charge in [0.2, 0.25) is 5.88 Å². The zero-order valence-corrected chi connectivity index (χ0v) is 10.8. The van der Waals surface area contributed by atoms with Crippen molar-refractivity contribution in [3.05, 3.63) is 30.2 Å². The van der Waals surface area contributed by atoms with Gasteiger partial charge in [-0.1, -0.05) is 0 Å². The molecule has 2 aromatic rings. The number of carbonyl (C=O) groups is 1. The van der Waals surface area contributed by atoms with Crippen LogP contribution >= 0.6 is 0 Å². The van der Waals surface area contributed by atoms with Crippen LogP contribution in [0.5, 0.6) is 5.88 Å². The molecule has 0 unspecified atom stereocenters. The van der Waals surface area contributed by atoms with Gasteiger partial charge in [-0.05, 0) is 13.0 Å². The molecule has 100 valence electrons. The number of nitrogen functional groups attached to an aromatic ring is 1. The van der Waals surface area contributed by atoms with E-state index in [-0.39, 0.29) is 5.91 Å². The zero-order valence-electron chi connectivity index (χ0n) is 10.8. The Morgan fingerprint density at radius 1 is 1.47 bits per heavy atom. The summed E-state index contributed by atoms with van der Waals surface area (Å²) in [5.74, 6) is 0.167. The maximum absolute atomic E-state index is 12.1. The van der Waals surface area contributed by atoms with Crippen molar-refractivity contribution >= 4 is 17.3 Å². The van der Waals surface area contributed by atoms with Gasteiger partial charge in [0.25, 0.3) is 5.91 Å². The third kappa shape index (κ3) is 2.65. The van der Waals surface area contributed by atoms with Crippen LogP contribution in [-0.4, -0.2) is 27.8 Å². The lowest BCUT2D eigenvalue weighted by Crippen LogP contribution is -2.18. The van der Waals surface area contributed by atoms with E-state index < -0.39 is 0 Å². The Kier molecular flexibility index (Phi) is 3.65. The van der Waals surface area contributed by atoms with Crippen LogP contribution in [-0.2, 0) is 6.54 Å². The fourth-order valence-electron chi connectivity index (χ4n) is 1.65. The largest absolute Gasteiger partial charge is 0.481 e. The van der Waals surface area contributed by atoms with E-state index >= 15 is 0 Å². The fourth-order valence-corrected chi connectivity index (χ4v) is 1.65. The number of hydrogen-bond donors (Lipinski definition) is 2. The van der Waals surface area contributed by atoms with Gasteiger partial charge in [0.1, 0.15) is 5.69 Å². The zero-order chi connectivity index (χ0) is 13.8. The van der Waals surface area contributed by atoms with Crippen LogP contribution in [0.3, 0.4) is 0 Å². The van der Waals surface area contributed by atoms with Crippen LogP contribution in [0.4, 0.5) is 11.4 Å². The number of pyridine rings is 1. The molecule has 0 aromatic carbocycles. The molecule has 2 heterocycles. The average molecular weight is 261 g/mol. The van der Waals surface area contributed by atoms with Crippen molar-refractivity contribution in [1.29, 1.82) is 0 Å². The van der Waals surface area contributed by atoms with Gasteiger partial charge in [-0.3, -0.25) is 9.48 Å². The predicted molar refractivity (Wildman–Crippen MR) is 71.1 cm³/mol. The first-order chi connectivity index (χ1) is 9.15. The molecule has 2 rings (SSSR count). The van der Waals surface area contributed by atoms with Crippen molar-refractivity contribution in [2.75, 3.05) is 18.2 Å². The molecule has 0 saturated heterocycles. The van der Waals surface area contributed by atoms with Gasteiger partial charge in [0, 0.05) is 12.6 Å². The highest BCUT2D eigenvalue weighted by Gasteiger charge is 2.16. The fraction of sp³-hybridized carbons (Fsp3) is 0.250. The Morgan fingerprint density at radius 3 is 2.84 bits per heavy atom. The van der Waals surface area contributed by atoms with Crippen LogP contribution in [0.2, 0.25) is 0 Å². The molecule has 1 amide bonds. The Balaban J connectivity index is 2.18. The maximum atomic E-state index is 12.1. The summed E-state index contributed by atoms with van der Waals surface area (Å²) in [4.78, 5) is 16.1. The standard InChI is InChI=1S/C12H15N5O2/c1-3-17-11(9(13)7-15-17)12(18)16-8-4-5-10(19-2)14-6-8/h4-7H,3,13H2,1-2H3,(H,16,18). The number of nitrogens with one attached hydrogen (secondary N) is 1. The lowest BCUT2D eigenvalue weighted by molar-refractivity contribution is 0.101. The number of carbonyl (C=O) groups excluding carboxylic acids is 1. The van der Waals surface area contributed by atoms with Gasteiger partial charge in [-0.2, -0.15) is 5.10 Å². The number of anilines is 2. The second-order valence-electron chi connectivity index (χ2n) is 3.81. The van der Waals surface area contributed by atoms with E-state index in [1.807, 2.05) is 6.92 Å². The second kappa shape index (κ2) is 5.38. The Morgan fingerprint density at radius 2 is 2.26 bits per heavy atom. The summed E-state index contributed by atoms with van der Waals surface area (Å²) in [5, 5.41) is 6.73. The number of methoxy groups -OCH3 is 1. The molecule has 3 N–H and O–H groups in total. The third-order valence-corrected chi connectivity index (χ3v) is 2.59. The molecule has 2 aromatic heterocycles. The minimum Gasteiger partial charge on any atom is -0.481 e. The van der Waals surface area contributed by atoms with Crippen LogP contribution in [0.1, 0.15) is 17.4 Å². The molecule has 0 aliphatic rings. The van der Waals surface area contributed by atoms with E-state index in [0.29, 0.717) is 29.5 Å². The highest BCUT2D eigenvalue weighted by Crippen LogP contribution is 2.15. The van der Waals surface area contributed by atoms with E-state index in [4.69, 9.17) is 10.5 Å². The molecule has 7 nitrogen and oxygen atoms in total. The van der Waals surface area contributed by atoms with Crippen LogP contribution in [0.15, 0.2) is 24.5 Å². The van der Waals surface area contributed by atoms with E-state index in [1.165, 1.54) is 19.5 Å². The number of aryl methyl sites for hydroxylation is 1.